The van der Waals surface area contributed by atoms with Gasteiger partial charge in [0.2, 0.25) is 0 Å². The van der Waals surface area contributed by atoms with Crippen molar-refractivity contribution in [1.29, 1.82) is 0 Å². The fourth-order valence-corrected chi connectivity index (χ4v) is 4.14. The maximum absolute atomic E-state index is 11.8. The Morgan fingerprint density at radius 2 is 1.73 bits per heavy atom. The van der Waals surface area contributed by atoms with Gasteiger partial charge in [0.1, 0.15) is 0 Å². The third-order valence-electron chi connectivity index (χ3n) is 4.95. The van der Waals surface area contributed by atoms with Crippen molar-refractivity contribution in [3.05, 3.63) is 82.9 Å². The zero-order valence-electron chi connectivity index (χ0n) is 12.6. The molecule has 2 heteroatoms. The number of carbonyl (C=O) groups is 1. The molecule has 2 aromatic rings. The average molecular weight is 290 g/mol. The van der Waals surface area contributed by atoms with E-state index in [1.807, 2.05) is 6.92 Å². The molecule has 110 valence electrons. The predicted molar refractivity (Wildman–Crippen MR) is 85.9 cm³/mol. The molecular weight excluding hydrogens is 272 g/mol. The van der Waals surface area contributed by atoms with Crippen LogP contribution < -0.4 is 0 Å². The number of ether oxygens (including phenoxy) is 1. The van der Waals surface area contributed by atoms with Crippen molar-refractivity contribution in [2.24, 2.45) is 0 Å². The van der Waals surface area contributed by atoms with Crippen LogP contribution in [-0.2, 0) is 14.9 Å². The van der Waals surface area contributed by atoms with Gasteiger partial charge in [0.15, 0.2) is 0 Å². The highest BCUT2D eigenvalue weighted by Crippen LogP contribution is 2.60. The lowest BCUT2D eigenvalue weighted by atomic mass is 9.75. The van der Waals surface area contributed by atoms with Crippen LogP contribution in [0.25, 0.3) is 0 Å². The Morgan fingerprint density at radius 1 is 1.14 bits per heavy atom. The molecule has 0 atom stereocenters. The van der Waals surface area contributed by atoms with Crippen LogP contribution in [0.5, 0.6) is 0 Å². The highest BCUT2D eigenvalue weighted by atomic mass is 16.5. The van der Waals surface area contributed by atoms with Gasteiger partial charge in [-0.3, -0.25) is 0 Å². The summed E-state index contributed by atoms with van der Waals surface area (Å²) in [7, 11) is 0. The predicted octanol–water partition coefficient (Wildman–Crippen LogP) is 3.94. The zero-order chi connectivity index (χ0) is 15.2. The Balaban J connectivity index is 1.86. The van der Waals surface area contributed by atoms with E-state index >= 15 is 0 Å². The van der Waals surface area contributed by atoms with Crippen molar-refractivity contribution in [1.82, 2.24) is 0 Å². The van der Waals surface area contributed by atoms with E-state index in [-0.39, 0.29) is 11.4 Å². The lowest BCUT2D eigenvalue weighted by molar-refractivity contribution is -0.137. The first-order valence-electron chi connectivity index (χ1n) is 7.81. The Kier molecular flexibility index (Phi) is 2.93. The maximum Gasteiger partial charge on any atom is 0.330 e. The lowest BCUT2D eigenvalue weighted by Crippen LogP contribution is -2.21. The Labute approximate surface area is 130 Å². The second-order valence-electron chi connectivity index (χ2n) is 5.99. The molecule has 0 amide bonds. The van der Waals surface area contributed by atoms with Gasteiger partial charge in [-0.15, -0.1) is 0 Å². The molecule has 2 aromatic carbocycles. The fourth-order valence-electron chi connectivity index (χ4n) is 4.14. The Hall–Kier alpha value is -2.35. The van der Waals surface area contributed by atoms with Crippen molar-refractivity contribution < 1.29 is 9.53 Å². The quantitative estimate of drug-likeness (QED) is 0.632. The molecule has 0 saturated carbocycles. The fraction of sp³-hybridized carbons (Fsp3) is 0.250. The summed E-state index contributed by atoms with van der Waals surface area (Å²) in [6.07, 6.45) is 4.67. The molecule has 2 nitrogen and oxygen atoms in total. The number of benzene rings is 2. The van der Waals surface area contributed by atoms with Crippen molar-refractivity contribution in [3.63, 3.8) is 0 Å². The third-order valence-corrected chi connectivity index (χ3v) is 4.95. The first kappa shape index (κ1) is 13.3. The van der Waals surface area contributed by atoms with E-state index in [0.29, 0.717) is 12.5 Å². The Morgan fingerprint density at radius 3 is 2.32 bits per heavy atom. The summed E-state index contributed by atoms with van der Waals surface area (Å²) in [6.45, 7) is 2.24. The number of esters is 1. The molecule has 0 unspecified atom stereocenters. The van der Waals surface area contributed by atoms with Crippen LogP contribution in [0.1, 0.15) is 41.5 Å². The monoisotopic (exact) mass is 290 g/mol. The number of hydrogen-bond donors (Lipinski definition) is 0. The molecule has 22 heavy (non-hydrogen) atoms. The van der Waals surface area contributed by atoms with Crippen molar-refractivity contribution in [2.75, 3.05) is 6.61 Å². The maximum atomic E-state index is 11.8. The largest absolute Gasteiger partial charge is 0.463 e. The van der Waals surface area contributed by atoms with Crippen LogP contribution >= 0.6 is 0 Å². The van der Waals surface area contributed by atoms with Gasteiger partial charge in [0.05, 0.1) is 6.61 Å². The highest BCUT2D eigenvalue weighted by Gasteiger charge is 2.50. The van der Waals surface area contributed by atoms with E-state index in [2.05, 4.69) is 54.6 Å². The minimum Gasteiger partial charge on any atom is -0.463 e. The first-order valence-corrected chi connectivity index (χ1v) is 7.81. The average Bonchev–Trinajstić information content (AvgIpc) is 3.06. The summed E-state index contributed by atoms with van der Waals surface area (Å²) in [5.41, 5.74) is 5.29. The van der Waals surface area contributed by atoms with Crippen LogP contribution in [0.2, 0.25) is 0 Å². The van der Waals surface area contributed by atoms with E-state index < -0.39 is 0 Å². The minimum absolute atomic E-state index is 0.176. The van der Waals surface area contributed by atoms with E-state index in [9.17, 15) is 4.79 Å². The smallest absolute Gasteiger partial charge is 0.330 e. The SMILES string of the molecule is CCOC(=O)/C=C/C12CC(c3ccccc31)c1ccccc12. The molecule has 0 saturated heterocycles. The van der Waals surface area contributed by atoms with Gasteiger partial charge < -0.3 is 4.74 Å². The number of rotatable bonds is 3. The molecule has 4 rings (SSSR count). The third kappa shape index (κ3) is 1.70. The molecular formula is C20H18O2. The van der Waals surface area contributed by atoms with Crippen molar-refractivity contribution in [2.45, 2.75) is 24.7 Å². The van der Waals surface area contributed by atoms with Gasteiger partial charge >= 0.3 is 5.97 Å². The Bertz CT molecular complexity index is 725. The minimum atomic E-state index is -0.262. The number of allylic oxidation sites excluding steroid dienone is 1. The number of hydrogen-bond acceptors (Lipinski definition) is 2. The summed E-state index contributed by atoms with van der Waals surface area (Å²) < 4.78 is 5.05. The second kappa shape index (κ2) is 4.84. The molecule has 2 aliphatic carbocycles. The molecule has 0 spiro atoms. The molecule has 0 N–H and O–H groups in total. The second-order valence-corrected chi connectivity index (χ2v) is 5.99. The van der Waals surface area contributed by atoms with Crippen LogP contribution in [0.3, 0.4) is 0 Å². The van der Waals surface area contributed by atoms with E-state index in [4.69, 9.17) is 4.74 Å². The van der Waals surface area contributed by atoms with Gasteiger partial charge in [-0.25, -0.2) is 4.79 Å². The van der Waals surface area contributed by atoms with Crippen LogP contribution in [0.4, 0.5) is 0 Å². The number of fused-ring (bicyclic) bond motifs is 8. The summed E-state index contributed by atoms with van der Waals surface area (Å²) >= 11 is 0. The van der Waals surface area contributed by atoms with E-state index in [1.54, 1.807) is 6.08 Å². The summed E-state index contributed by atoms with van der Waals surface area (Å²) in [6, 6.07) is 17.2. The van der Waals surface area contributed by atoms with E-state index in [1.165, 1.54) is 22.3 Å². The van der Waals surface area contributed by atoms with Gasteiger partial charge in [0, 0.05) is 17.4 Å². The molecule has 2 bridgehead atoms. The van der Waals surface area contributed by atoms with Crippen molar-refractivity contribution in [3.8, 4) is 0 Å². The lowest BCUT2D eigenvalue weighted by Gasteiger charge is -2.28. The summed E-state index contributed by atoms with van der Waals surface area (Å²) in [4.78, 5) is 11.8. The zero-order valence-corrected chi connectivity index (χ0v) is 12.6. The molecule has 2 aliphatic rings. The molecule has 0 aliphatic heterocycles. The van der Waals surface area contributed by atoms with Gasteiger partial charge in [0.25, 0.3) is 0 Å². The highest BCUT2D eigenvalue weighted by molar-refractivity contribution is 5.83. The molecule has 0 heterocycles. The normalized spacial score (nSPS) is 24.3. The van der Waals surface area contributed by atoms with Crippen LogP contribution in [-0.4, -0.2) is 12.6 Å². The molecule has 0 aromatic heterocycles. The van der Waals surface area contributed by atoms with E-state index in [0.717, 1.165) is 6.42 Å². The topological polar surface area (TPSA) is 26.3 Å². The van der Waals surface area contributed by atoms with Gasteiger partial charge in [-0.05, 0) is 35.6 Å². The summed E-state index contributed by atoms with van der Waals surface area (Å²) in [5.74, 6) is 0.182. The van der Waals surface area contributed by atoms with Crippen LogP contribution in [0, 0.1) is 0 Å². The molecule has 0 fully saturated rings. The standard InChI is InChI=1S/C20H18O2/c1-2-22-19(21)11-12-20-13-16(14-7-3-5-9-17(14)20)15-8-4-6-10-18(15)20/h3-12,16H,2,13H2,1H3/b12-11+. The summed E-state index contributed by atoms with van der Waals surface area (Å²) in [5, 5.41) is 0. The van der Waals surface area contributed by atoms with Gasteiger partial charge in [-0.2, -0.15) is 0 Å². The molecule has 0 radical (unpaired) electrons. The number of carbonyl (C=O) groups excluding carboxylic acids is 1. The van der Waals surface area contributed by atoms with Crippen LogP contribution in [0.15, 0.2) is 60.7 Å². The van der Waals surface area contributed by atoms with Crippen molar-refractivity contribution >= 4 is 5.97 Å². The van der Waals surface area contributed by atoms with Gasteiger partial charge in [-0.1, -0.05) is 54.6 Å². The first-order chi connectivity index (χ1) is 10.8.